The molecule has 9 heteroatoms. The number of halogens is 1. The topological polar surface area (TPSA) is 86.8 Å². The molecule has 3 aromatic carbocycles. The Bertz CT molecular complexity index is 1330. The van der Waals surface area contributed by atoms with E-state index in [2.05, 4.69) is 5.32 Å². The maximum absolute atomic E-state index is 13.8. The fourth-order valence-electron chi connectivity index (χ4n) is 3.91. The van der Waals surface area contributed by atoms with Crippen LogP contribution < -0.4 is 9.62 Å². The quantitative estimate of drug-likeness (QED) is 0.312. The molecule has 2 amide bonds. The molecule has 1 unspecified atom stereocenters. The van der Waals surface area contributed by atoms with Gasteiger partial charge in [-0.25, -0.2) is 8.42 Å². The molecule has 38 heavy (non-hydrogen) atoms. The van der Waals surface area contributed by atoms with Crippen LogP contribution in [0.25, 0.3) is 0 Å². The summed E-state index contributed by atoms with van der Waals surface area (Å²) in [5.74, 6) is -0.816. The maximum atomic E-state index is 13.8. The summed E-state index contributed by atoms with van der Waals surface area (Å²) in [6.07, 6.45) is 1.74. The molecule has 0 saturated carbocycles. The van der Waals surface area contributed by atoms with Gasteiger partial charge in [0.15, 0.2) is 0 Å². The lowest BCUT2D eigenvalue weighted by molar-refractivity contribution is -0.139. The summed E-state index contributed by atoms with van der Waals surface area (Å²) in [5.41, 5.74) is 2.00. The molecule has 3 aromatic rings. The largest absolute Gasteiger partial charge is 0.354 e. The lowest BCUT2D eigenvalue weighted by atomic mass is 10.1. The van der Waals surface area contributed by atoms with Crippen LogP contribution in [0.4, 0.5) is 5.69 Å². The first-order chi connectivity index (χ1) is 18.1. The minimum Gasteiger partial charge on any atom is -0.354 e. The number of hydrogen-bond donors (Lipinski definition) is 1. The number of carbonyl (C=O) groups is 2. The van der Waals surface area contributed by atoms with E-state index in [9.17, 15) is 18.0 Å². The summed E-state index contributed by atoms with van der Waals surface area (Å²) in [5, 5.41) is 3.37. The zero-order valence-electron chi connectivity index (χ0n) is 21.9. The lowest BCUT2D eigenvalue weighted by Crippen LogP contribution is -2.51. The molecule has 0 fully saturated rings. The summed E-state index contributed by atoms with van der Waals surface area (Å²) < 4.78 is 28.6. The Kier molecular flexibility index (Phi) is 10.3. The van der Waals surface area contributed by atoms with E-state index in [1.54, 1.807) is 67.6 Å². The third-order valence-corrected chi connectivity index (χ3v) is 8.19. The molecular weight excluding hydrogens is 522 g/mol. The second-order valence-electron chi connectivity index (χ2n) is 9.13. The van der Waals surface area contributed by atoms with Crippen molar-refractivity contribution in [2.45, 2.75) is 51.1 Å². The number of unbranched alkanes of at least 4 members (excludes halogenated alkanes) is 1. The summed E-state index contributed by atoms with van der Waals surface area (Å²) in [7, 11) is -4.08. The molecule has 0 heterocycles. The van der Waals surface area contributed by atoms with Gasteiger partial charge in [-0.15, -0.1) is 0 Å². The number of para-hydroxylation sites is 1. The number of aryl methyl sites for hydroxylation is 1. The van der Waals surface area contributed by atoms with Crippen molar-refractivity contribution in [2.75, 3.05) is 17.4 Å². The number of sulfonamides is 1. The minimum absolute atomic E-state index is 0.0755. The highest BCUT2D eigenvalue weighted by Crippen LogP contribution is 2.25. The Morgan fingerprint density at radius 1 is 0.974 bits per heavy atom. The number of benzene rings is 3. The summed E-state index contributed by atoms with van der Waals surface area (Å²) in [4.78, 5) is 28.3. The smallest absolute Gasteiger partial charge is 0.264 e. The van der Waals surface area contributed by atoms with Gasteiger partial charge < -0.3 is 10.2 Å². The van der Waals surface area contributed by atoms with Crippen molar-refractivity contribution in [3.05, 3.63) is 95.0 Å². The number of carbonyl (C=O) groups excluding carboxylic acids is 2. The Balaban J connectivity index is 1.97. The second kappa shape index (κ2) is 13.4. The van der Waals surface area contributed by atoms with Crippen LogP contribution in [-0.2, 0) is 26.2 Å². The first kappa shape index (κ1) is 29.2. The van der Waals surface area contributed by atoms with Crippen molar-refractivity contribution in [3.8, 4) is 0 Å². The average Bonchev–Trinajstić information content (AvgIpc) is 2.90. The predicted octanol–water partition coefficient (Wildman–Crippen LogP) is 5.18. The van der Waals surface area contributed by atoms with E-state index in [1.807, 2.05) is 19.9 Å². The fraction of sp³-hybridized carbons (Fsp3) is 0.310. The van der Waals surface area contributed by atoms with Gasteiger partial charge in [-0.2, -0.15) is 0 Å². The Hall–Kier alpha value is -3.36. The van der Waals surface area contributed by atoms with Crippen LogP contribution in [0, 0.1) is 6.92 Å². The Morgan fingerprint density at radius 3 is 2.29 bits per heavy atom. The highest BCUT2D eigenvalue weighted by Gasteiger charge is 2.32. The number of nitrogens with zero attached hydrogens (tertiary/aromatic N) is 2. The molecule has 0 bridgehead atoms. The minimum atomic E-state index is -4.08. The van der Waals surface area contributed by atoms with Crippen LogP contribution in [-0.4, -0.2) is 44.3 Å². The molecular formula is C29H34ClN3O4S. The third kappa shape index (κ3) is 7.58. The summed E-state index contributed by atoms with van der Waals surface area (Å²) in [6.45, 7) is 5.65. The third-order valence-electron chi connectivity index (χ3n) is 6.17. The monoisotopic (exact) mass is 555 g/mol. The van der Waals surface area contributed by atoms with Gasteiger partial charge in [0.05, 0.1) is 10.6 Å². The van der Waals surface area contributed by atoms with Gasteiger partial charge in [-0.1, -0.05) is 73.0 Å². The molecule has 0 aliphatic heterocycles. The Morgan fingerprint density at radius 2 is 1.66 bits per heavy atom. The van der Waals surface area contributed by atoms with Crippen molar-refractivity contribution in [2.24, 2.45) is 0 Å². The van der Waals surface area contributed by atoms with Crippen LogP contribution in [0.1, 0.15) is 37.8 Å². The number of anilines is 1. The van der Waals surface area contributed by atoms with Crippen molar-refractivity contribution in [1.82, 2.24) is 10.2 Å². The number of amides is 2. The Labute approximate surface area is 230 Å². The van der Waals surface area contributed by atoms with Gasteiger partial charge in [0.2, 0.25) is 11.8 Å². The van der Waals surface area contributed by atoms with Gasteiger partial charge >= 0.3 is 0 Å². The van der Waals surface area contributed by atoms with E-state index in [4.69, 9.17) is 11.6 Å². The van der Waals surface area contributed by atoms with Crippen molar-refractivity contribution >= 4 is 39.1 Å². The van der Waals surface area contributed by atoms with Gasteiger partial charge in [-0.3, -0.25) is 13.9 Å². The van der Waals surface area contributed by atoms with Gasteiger partial charge in [-0.05, 0) is 62.2 Å². The van der Waals surface area contributed by atoms with Gasteiger partial charge in [0.25, 0.3) is 10.0 Å². The first-order valence-electron chi connectivity index (χ1n) is 12.6. The highest BCUT2D eigenvalue weighted by atomic mass is 35.5. The van der Waals surface area contributed by atoms with E-state index >= 15 is 0 Å². The zero-order chi connectivity index (χ0) is 27.7. The highest BCUT2D eigenvalue weighted by molar-refractivity contribution is 7.92. The van der Waals surface area contributed by atoms with Crippen LogP contribution in [0.2, 0.25) is 5.02 Å². The summed E-state index contributed by atoms with van der Waals surface area (Å²) >= 11 is 6.17. The lowest BCUT2D eigenvalue weighted by Gasteiger charge is -2.32. The zero-order valence-corrected chi connectivity index (χ0v) is 23.5. The van der Waals surface area contributed by atoms with Gasteiger partial charge in [0.1, 0.15) is 12.6 Å². The van der Waals surface area contributed by atoms with Crippen molar-refractivity contribution in [1.29, 1.82) is 0 Å². The molecule has 0 radical (unpaired) electrons. The molecule has 0 aromatic heterocycles. The van der Waals surface area contributed by atoms with Gasteiger partial charge in [0, 0.05) is 18.1 Å². The van der Waals surface area contributed by atoms with Crippen LogP contribution in [0.3, 0.4) is 0 Å². The van der Waals surface area contributed by atoms with Crippen LogP contribution >= 0.6 is 11.6 Å². The number of hydrogen-bond acceptors (Lipinski definition) is 4. The molecule has 0 spiro atoms. The summed E-state index contributed by atoms with van der Waals surface area (Å²) in [6, 6.07) is 21.2. The van der Waals surface area contributed by atoms with E-state index in [0.29, 0.717) is 17.3 Å². The van der Waals surface area contributed by atoms with Crippen LogP contribution in [0.15, 0.2) is 83.8 Å². The SMILES string of the molecule is CCCCNC(=O)C(C)N(Cc1cccc(Cl)c1)C(=O)CN(c1ccccc1)S(=O)(=O)c1ccc(C)cc1. The standard InChI is InChI=1S/C29H34ClN3O4S/c1-4-5-18-31-29(35)23(3)32(20-24-10-9-11-25(30)19-24)28(34)21-33(26-12-7-6-8-13-26)38(36,37)27-16-14-22(2)15-17-27/h6-17,19,23H,4-5,18,20-21H2,1-3H3,(H,31,35). The second-order valence-corrected chi connectivity index (χ2v) is 11.4. The van der Waals surface area contributed by atoms with Crippen molar-refractivity contribution < 1.29 is 18.0 Å². The van der Waals surface area contributed by atoms with Crippen LogP contribution in [0.5, 0.6) is 0 Å². The maximum Gasteiger partial charge on any atom is 0.264 e. The van der Waals surface area contributed by atoms with E-state index in [0.717, 1.165) is 28.3 Å². The van der Waals surface area contributed by atoms with E-state index < -0.39 is 28.5 Å². The molecule has 3 rings (SSSR count). The number of nitrogens with one attached hydrogen (secondary N) is 1. The molecule has 0 aliphatic carbocycles. The molecule has 7 nitrogen and oxygen atoms in total. The number of rotatable bonds is 12. The molecule has 1 atom stereocenters. The molecule has 0 aliphatic rings. The first-order valence-corrected chi connectivity index (χ1v) is 14.4. The average molecular weight is 556 g/mol. The predicted molar refractivity (Wildman–Crippen MR) is 152 cm³/mol. The molecule has 202 valence electrons. The van der Waals surface area contributed by atoms with E-state index in [1.165, 1.54) is 17.0 Å². The molecule has 1 N–H and O–H groups in total. The van der Waals surface area contributed by atoms with E-state index in [-0.39, 0.29) is 17.3 Å². The van der Waals surface area contributed by atoms with Crippen molar-refractivity contribution in [3.63, 3.8) is 0 Å². The fourth-order valence-corrected chi connectivity index (χ4v) is 5.54. The molecule has 0 saturated heterocycles. The normalized spacial score (nSPS) is 12.0.